The van der Waals surface area contributed by atoms with Crippen LogP contribution in [0.2, 0.25) is 0 Å². The van der Waals surface area contributed by atoms with Crippen LogP contribution in [0.1, 0.15) is 23.2 Å². The summed E-state index contributed by atoms with van der Waals surface area (Å²) in [7, 11) is 1.27. The summed E-state index contributed by atoms with van der Waals surface area (Å²) in [6, 6.07) is 2.08. The van der Waals surface area contributed by atoms with E-state index in [2.05, 4.69) is 20.7 Å². The number of hydrogen-bond acceptors (Lipinski definition) is 3. The Hall–Kier alpha value is -1.50. The van der Waals surface area contributed by atoms with Gasteiger partial charge in [-0.2, -0.15) is 0 Å². The van der Waals surface area contributed by atoms with Crippen molar-refractivity contribution < 1.29 is 23.1 Å². The summed E-state index contributed by atoms with van der Waals surface area (Å²) in [6.45, 7) is 0.474. The predicted octanol–water partition coefficient (Wildman–Crippen LogP) is 2.75. The molecule has 0 aromatic heterocycles. The lowest BCUT2D eigenvalue weighted by Gasteiger charge is -2.31. The van der Waals surface area contributed by atoms with Crippen LogP contribution < -0.4 is 0 Å². The first kappa shape index (κ1) is 15.9. The molecule has 1 heterocycles. The summed E-state index contributed by atoms with van der Waals surface area (Å²) < 4.78 is 32.5. The number of piperidine rings is 1. The van der Waals surface area contributed by atoms with Crippen molar-refractivity contribution in [1.82, 2.24) is 4.90 Å². The number of hydrogen-bond donors (Lipinski definition) is 0. The number of esters is 1. The lowest BCUT2D eigenvalue weighted by molar-refractivity contribution is -0.146. The van der Waals surface area contributed by atoms with E-state index < -0.39 is 35.0 Å². The quantitative estimate of drug-likeness (QED) is 0.761. The predicted molar refractivity (Wildman–Crippen MR) is 74.7 cm³/mol. The van der Waals surface area contributed by atoms with E-state index in [4.69, 9.17) is 0 Å². The van der Waals surface area contributed by atoms with Crippen LogP contribution in [0.5, 0.6) is 0 Å². The van der Waals surface area contributed by atoms with Crippen molar-refractivity contribution in [2.24, 2.45) is 5.92 Å². The zero-order valence-electron chi connectivity index (χ0n) is 11.4. The maximum atomic E-state index is 13.8. The van der Waals surface area contributed by atoms with Crippen molar-refractivity contribution in [2.75, 3.05) is 20.2 Å². The van der Waals surface area contributed by atoms with Crippen molar-refractivity contribution in [3.05, 3.63) is 33.8 Å². The summed E-state index contributed by atoms with van der Waals surface area (Å²) in [4.78, 5) is 25.1. The zero-order valence-corrected chi connectivity index (χ0v) is 13.0. The van der Waals surface area contributed by atoms with Crippen LogP contribution in [0.4, 0.5) is 8.78 Å². The molecule has 1 aliphatic heterocycles. The summed E-state index contributed by atoms with van der Waals surface area (Å²) in [6.07, 6.45) is 1.19. The Morgan fingerprint density at radius 3 is 2.52 bits per heavy atom. The Morgan fingerprint density at radius 1 is 1.33 bits per heavy atom. The van der Waals surface area contributed by atoms with Crippen molar-refractivity contribution in [1.29, 1.82) is 0 Å². The van der Waals surface area contributed by atoms with Crippen LogP contribution in [-0.2, 0) is 9.53 Å². The van der Waals surface area contributed by atoms with E-state index >= 15 is 0 Å². The third-order valence-corrected chi connectivity index (χ3v) is 3.92. The van der Waals surface area contributed by atoms with Crippen molar-refractivity contribution in [3.8, 4) is 0 Å². The fraction of sp³-hybridized carbons (Fsp3) is 0.429. The molecule has 7 heteroatoms. The van der Waals surface area contributed by atoms with E-state index in [9.17, 15) is 18.4 Å². The van der Waals surface area contributed by atoms with Crippen LogP contribution in [0, 0.1) is 17.6 Å². The number of carbonyl (C=O) groups is 2. The minimum absolute atomic E-state index is 0.112. The average molecular weight is 362 g/mol. The summed E-state index contributed by atoms with van der Waals surface area (Å²) in [5.74, 6) is -3.45. The molecular weight excluding hydrogens is 348 g/mol. The molecule has 1 saturated heterocycles. The van der Waals surface area contributed by atoms with Crippen molar-refractivity contribution >= 4 is 27.8 Å². The number of amides is 1. The highest BCUT2D eigenvalue weighted by Gasteiger charge is 2.31. The monoisotopic (exact) mass is 361 g/mol. The summed E-state index contributed by atoms with van der Waals surface area (Å²) in [5, 5.41) is 0. The van der Waals surface area contributed by atoms with Gasteiger partial charge in [0.05, 0.1) is 13.0 Å². The number of ether oxygens (including phenoxy) is 1. The van der Waals surface area contributed by atoms with Crippen LogP contribution in [0.15, 0.2) is 16.6 Å². The Kier molecular flexibility index (Phi) is 4.92. The van der Waals surface area contributed by atoms with Gasteiger partial charge < -0.3 is 9.64 Å². The SMILES string of the molecule is COC(=O)C1CCCN(C(=O)c2c(F)cc(Br)cc2F)C1. The molecule has 1 amide bonds. The summed E-state index contributed by atoms with van der Waals surface area (Å²) in [5.41, 5.74) is -0.594. The highest BCUT2D eigenvalue weighted by molar-refractivity contribution is 9.10. The van der Waals surface area contributed by atoms with E-state index in [-0.39, 0.29) is 11.0 Å². The minimum Gasteiger partial charge on any atom is -0.469 e. The van der Waals surface area contributed by atoms with Crippen LogP contribution in [-0.4, -0.2) is 37.0 Å². The second kappa shape index (κ2) is 6.51. The maximum absolute atomic E-state index is 13.8. The molecule has 1 atom stereocenters. The molecule has 0 N–H and O–H groups in total. The Labute approximate surface area is 129 Å². The van der Waals surface area contributed by atoms with Crippen LogP contribution in [0.25, 0.3) is 0 Å². The fourth-order valence-corrected chi connectivity index (χ4v) is 2.83. The van der Waals surface area contributed by atoms with Gasteiger partial charge in [0.15, 0.2) is 0 Å². The molecule has 2 rings (SSSR count). The molecule has 1 unspecified atom stereocenters. The van der Waals surface area contributed by atoms with Crippen molar-refractivity contribution in [2.45, 2.75) is 12.8 Å². The highest BCUT2D eigenvalue weighted by Crippen LogP contribution is 2.24. The van der Waals surface area contributed by atoms with E-state index in [1.54, 1.807) is 0 Å². The third-order valence-electron chi connectivity index (χ3n) is 3.46. The Balaban J connectivity index is 2.22. The fourth-order valence-electron chi connectivity index (χ4n) is 2.43. The van der Waals surface area contributed by atoms with E-state index in [0.29, 0.717) is 19.4 Å². The molecule has 1 aliphatic rings. The first-order chi connectivity index (χ1) is 9.93. The number of likely N-dealkylation sites (tertiary alicyclic amines) is 1. The third kappa shape index (κ3) is 3.40. The molecule has 0 saturated carbocycles. The van der Waals surface area contributed by atoms with Gasteiger partial charge in [-0.15, -0.1) is 0 Å². The normalized spacial score (nSPS) is 18.5. The van der Waals surface area contributed by atoms with Gasteiger partial charge in [-0.05, 0) is 25.0 Å². The van der Waals surface area contributed by atoms with Gasteiger partial charge in [0.2, 0.25) is 0 Å². The molecule has 0 aliphatic carbocycles. The maximum Gasteiger partial charge on any atom is 0.310 e. The number of benzene rings is 1. The van der Waals surface area contributed by atoms with Gasteiger partial charge >= 0.3 is 5.97 Å². The molecule has 1 aromatic rings. The zero-order chi connectivity index (χ0) is 15.6. The van der Waals surface area contributed by atoms with E-state index in [1.807, 2.05) is 0 Å². The van der Waals surface area contributed by atoms with Gasteiger partial charge in [0.1, 0.15) is 17.2 Å². The number of rotatable bonds is 2. The number of nitrogens with zero attached hydrogens (tertiary/aromatic N) is 1. The number of carbonyl (C=O) groups excluding carboxylic acids is 2. The Bertz CT molecular complexity index is 556. The van der Waals surface area contributed by atoms with E-state index in [0.717, 1.165) is 12.1 Å². The van der Waals surface area contributed by atoms with Gasteiger partial charge in [-0.3, -0.25) is 9.59 Å². The minimum atomic E-state index is -0.924. The standard InChI is InChI=1S/C14H14BrF2NO3/c1-21-14(20)8-3-2-4-18(7-8)13(19)12-10(16)5-9(15)6-11(12)17/h5-6,8H,2-4,7H2,1H3. The molecule has 1 aromatic carbocycles. The van der Waals surface area contributed by atoms with Crippen LogP contribution in [0.3, 0.4) is 0 Å². The van der Waals surface area contributed by atoms with Crippen molar-refractivity contribution in [3.63, 3.8) is 0 Å². The molecule has 0 bridgehead atoms. The molecule has 21 heavy (non-hydrogen) atoms. The largest absolute Gasteiger partial charge is 0.469 e. The average Bonchev–Trinajstić information content (AvgIpc) is 2.45. The van der Waals surface area contributed by atoms with Gasteiger partial charge in [0, 0.05) is 17.6 Å². The lowest BCUT2D eigenvalue weighted by atomic mass is 9.97. The Morgan fingerprint density at radius 2 is 1.95 bits per heavy atom. The first-order valence-electron chi connectivity index (χ1n) is 6.45. The number of methoxy groups -OCH3 is 1. The molecule has 1 fully saturated rings. The second-order valence-corrected chi connectivity index (χ2v) is 5.77. The smallest absolute Gasteiger partial charge is 0.310 e. The lowest BCUT2D eigenvalue weighted by Crippen LogP contribution is -2.43. The summed E-state index contributed by atoms with van der Waals surface area (Å²) >= 11 is 2.96. The van der Waals surface area contributed by atoms with Gasteiger partial charge in [0.25, 0.3) is 5.91 Å². The molecule has 0 radical (unpaired) electrons. The molecule has 4 nitrogen and oxygen atoms in total. The van der Waals surface area contributed by atoms with Gasteiger partial charge in [-0.25, -0.2) is 8.78 Å². The van der Waals surface area contributed by atoms with Gasteiger partial charge in [-0.1, -0.05) is 15.9 Å². The molecule has 0 spiro atoms. The topological polar surface area (TPSA) is 46.6 Å². The second-order valence-electron chi connectivity index (χ2n) is 4.86. The van der Waals surface area contributed by atoms with Crippen LogP contribution >= 0.6 is 15.9 Å². The highest BCUT2D eigenvalue weighted by atomic mass is 79.9. The number of halogens is 3. The molecular formula is C14H14BrF2NO3. The molecule has 114 valence electrons. The first-order valence-corrected chi connectivity index (χ1v) is 7.25. The van der Waals surface area contributed by atoms with E-state index in [1.165, 1.54) is 12.0 Å².